The summed E-state index contributed by atoms with van der Waals surface area (Å²) in [6.07, 6.45) is 0.0738. The van der Waals surface area contributed by atoms with E-state index in [0.717, 1.165) is 22.4 Å². The molecule has 4 rings (SSSR count). The number of halogens is 1. The van der Waals surface area contributed by atoms with E-state index in [2.05, 4.69) is 22.4 Å². The van der Waals surface area contributed by atoms with Crippen molar-refractivity contribution < 1.29 is 15.0 Å². The van der Waals surface area contributed by atoms with Gasteiger partial charge in [0.1, 0.15) is 10.5 Å². The molecule has 1 amide bonds. The number of hydrogen-bond acceptors (Lipinski definition) is 5. The second-order valence-electron chi connectivity index (χ2n) is 6.98. The van der Waals surface area contributed by atoms with Gasteiger partial charge in [-0.2, -0.15) is 11.8 Å². The molecule has 1 aliphatic carbocycles. The van der Waals surface area contributed by atoms with E-state index in [-0.39, 0.29) is 24.5 Å². The van der Waals surface area contributed by atoms with E-state index >= 15 is 0 Å². The van der Waals surface area contributed by atoms with Crippen molar-refractivity contribution in [1.82, 2.24) is 10.3 Å². The second-order valence-corrected chi connectivity index (χ2v) is 9.74. The largest absolute Gasteiger partial charge is 0.394 e. The summed E-state index contributed by atoms with van der Waals surface area (Å²) >= 11 is 9.03. The number of thiophene rings is 1. The maximum absolute atomic E-state index is 12.8. The molecule has 0 fully saturated rings. The molecule has 148 valence electrons. The zero-order valence-electron chi connectivity index (χ0n) is 15.0. The SMILES string of the molecule is O=C(N[C@@H]1Cc2ccccc2[C@H]1CSCC(O)CO)c1cc2cc(Cl)sc2[nH]1. The van der Waals surface area contributed by atoms with Crippen LogP contribution in [0.3, 0.4) is 0 Å². The Balaban J connectivity index is 1.48. The van der Waals surface area contributed by atoms with Crippen molar-refractivity contribution >= 4 is 50.8 Å². The van der Waals surface area contributed by atoms with E-state index in [1.807, 2.05) is 24.3 Å². The molecular weight excluding hydrogens is 416 g/mol. The highest BCUT2D eigenvalue weighted by Crippen LogP contribution is 2.36. The van der Waals surface area contributed by atoms with Crippen molar-refractivity contribution in [2.75, 3.05) is 18.1 Å². The molecule has 0 aliphatic heterocycles. The first kappa shape index (κ1) is 19.8. The fourth-order valence-electron chi connectivity index (χ4n) is 3.68. The maximum Gasteiger partial charge on any atom is 0.268 e. The van der Waals surface area contributed by atoms with Crippen LogP contribution in [0.15, 0.2) is 36.4 Å². The zero-order chi connectivity index (χ0) is 19.7. The first-order chi connectivity index (χ1) is 13.5. The van der Waals surface area contributed by atoms with Gasteiger partial charge >= 0.3 is 0 Å². The number of aliphatic hydroxyl groups excluding tert-OH is 2. The fourth-order valence-corrected chi connectivity index (χ4v) is 5.99. The number of fused-ring (bicyclic) bond motifs is 2. The Labute approximate surface area is 176 Å². The standard InChI is InChI=1S/C20H21ClN2O3S2/c21-18-7-12-6-17(23-20(12)28-18)19(26)22-16-5-11-3-1-2-4-14(11)15(16)10-27-9-13(25)8-24/h1-4,6-7,13,15-16,23-25H,5,8-10H2,(H,22,26)/t13?,15-,16-/m1/s1. The summed E-state index contributed by atoms with van der Waals surface area (Å²) in [6, 6.07) is 11.9. The summed E-state index contributed by atoms with van der Waals surface area (Å²) in [5.74, 6) is 1.29. The highest BCUT2D eigenvalue weighted by molar-refractivity contribution is 7.99. The van der Waals surface area contributed by atoms with E-state index in [1.54, 1.807) is 11.8 Å². The lowest BCUT2D eigenvalue weighted by Crippen LogP contribution is -2.38. The lowest BCUT2D eigenvalue weighted by Gasteiger charge is -2.22. The number of benzene rings is 1. The van der Waals surface area contributed by atoms with E-state index in [0.29, 0.717) is 15.8 Å². The van der Waals surface area contributed by atoms with Crippen molar-refractivity contribution in [2.24, 2.45) is 0 Å². The van der Waals surface area contributed by atoms with Gasteiger partial charge in [0.05, 0.1) is 17.0 Å². The van der Waals surface area contributed by atoms with Crippen LogP contribution >= 0.6 is 34.7 Å². The van der Waals surface area contributed by atoms with Crippen molar-refractivity contribution in [2.45, 2.75) is 24.5 Å². The molecule has 0 bridgehead atoms. The Bertz CT molecular complexity index is 955. The van der Waals surface area contributed by atoms with Gasteiger partial charge in [0.2, 0.25) is 0 Å². The molecule has 5 nitrogen and oxygen atoms in total. The van der Waals surface area contributed by atoms with Gasteiger partial charge in [0.15, 0.2) is 0 Å². The quantitative estimate of drug-likeness (QED) is 0.457. The van der Waals surface area contributed by atoms with Gasteiger partial charge in [-0.3, -0.25) is 4.79 Å². The molecule has 28 heavy (non-hydrogen) atoms. The van der Waals surface area contributed by atoms with Crippen LogP contribution in [0.2, 0.25) is 4.34 Å². The molecule has 0 saturated carbocycles. The predicted molar refractivity (Wildman–Crippen MR) is 116 cm³/mol. The number of nitrogens with one attached hydrogen (secondary N) is 2. The molecule has 3 aromatic rings. The number of H-pyrrole nitrogens is 1. The van der Waals surface area contributed by atoms with Crippen LogP contribution in [0.1, 0.15) is 27.5 Å². The molecule has 1 unspecified atom stereocenters. The molecule has 1 aromatic carbocycles. The number of aliphatic hydroxyl groups is 2. The Kier molecular flexibility index (Phi) is 5.99. The second kappa shape index (κ2) is 8.47. The third kappa shape index (κ3) is 4.09. The maximum atomic E-state index is 12.8. The van der Waals surface area contributed by atoms with Crippen molar-refractivity contribution in [3.63, 3.8) is 0 Å². The summed E-state index contributed by atoms with van der Waals surface area (Å²) in [5, 5.41) is 22.7. The molecule has 1 aliphatic rings. The molecular formula is C20H21ClN2O3S2. The Morgan fingerprint density at radius 1 is 1.39 bits per heavy atom. The third-order valence-electron chi connectivity index (χ3n) is 5.04. The first-order valence-electron chi connectivity index (χ1n) is 9.08. The summed E-state index contributed by atoms with van der Waals surface area (Å²) in [5.41, 5.74) is 3.04. The minimum Gasteiger partial charge on any atom is -0.394 e. The first-order valence-corrected chi connectivity index (χ1v) is 11.4. The number of hydrogen-bond donors (Lipinski definition) is 4. The van der Waals surface area contributed by atoms with Crippen LogP contribution in [0.5, 0.6) is 0 Å². The van der Waals surface area contributed by atoms with Gasteiger partial charge in [0, 0.05) is 28.9 Å². The molecule has 2 heterocycles. The summed E-state index contributed by atoms with van der Waals surface area (Å²) < 4.78 is 0.696. The van der Waals surface area contributed by atoms with E-state index in [4.69, 9.17) is 16.7 Å². The number of thioether (sulfide) groups is 1. The number of carbonyl (C=O) groups is 1. The molecule has 3 atom stereocenters. The summed E-state index contributed by atoms with van der Waals surface area (Å²) in [7, 11) is 0. The molecule has 4 N–H and O–H groups in total. The molecule has 8 heteroatoms. The van der Waals surface area contributed by atoms with Gasteiger partial charge in [-0.25, -0.2) is 0 Å². The number of aromatic nitrogens is 1. The van der Waals surface area contributed by atoms with Gasteiger partial charge in [0.25, 0.3) is 5.91 Å². The molecule has 0 spiro atoms. The van der Waals surface area contributed by atoms with Gasteiger partial charge in [-0.15, -0.1) is 11.3 Å². The molecule has 0 saturated heterocycles. The monoisotopic (exact) mass is 436 g/mol. The molecule has 2 aromatic heterocycles. The Morgan fingerprint density at radius 3 is 3.00 bits per heavy atom. The summed E-state index contributed by atoms with van der Waals surface area (Å²) in [6.45, 7) is -0.234. The highest BCUT2D eigenvalue weighted by Gasteiger charge is 2.33. The average Bonchev–Trinajstić information content (AvgIpc) is 3.32. The fraction of sp³-hybridized carbons (Fsp3) is 0.350. The van der Waals surface area contributed by atoms with E-state index < -0.39 is 6.10 Å². The van der Waals surface area contributed by atoms with Crippen LogP contribution < -0.4 is 5.32 Å². The van der Waals surface area contributed by atoms with Crippen LogP contribution in [0.25, 0.3) is 10.2 Å². The van der Waals surface area contributed by atoms with Gasteiger partial charge in [-0.05, 0) is 29.7 Å². The highest BCUT2D eigenvalue weighted by atomic mass is 35.5. The number of carbonyl (C=O) groups excluding carboxylic acids is 1. The van der Waals surface area contributed by atoms with E-state index in [9.17, 15) is 9.90 Å². The van der Waals surface area contributed by atoms with Crippen molar-refractivity contribution in [1.29, 1.82) is 0 Å². The van der Waals surface area contributed by atoms with Crippen LogP contribution in [0.4, 0.5) is 0 Å². The molecule has 0 radical (unpaired) electrons. The Hall–Kier alpha value is -1.51. The lowest BCUT2D eigenvalue weighted by atomic mass is 10.0. The lowest BCUT2D eigenvalue weighted by molar-refractivity contribution is 0.0930. The number of aromatic amines is 1. The van der Waals surface area contributed by atoms with Crippen LogP contribution in [-0.4, -0.2) is 51.4 Å². The average molecular weight is 437 g/mol. The van der Waals surface area contributed by atoms with Gasteiger partial charge < -0.3 is 20.5 Å². The smallest absolute Gasteiger partial charge is 0.268 e. The van der Waals surface area contributed by atoms with Crippen LogP contribution in [0, 0.1) is 0 Å². The Morgan fingerprint density at radius 2 is 2.21 bits per heavy atom. The van der Waals surface area contributed by atoms with Crippen LogP contribution in [-0.2, 0) is 6.42 Å². The minimum atomic E-state index is -0.714. The normalized spacial score (nSPS) is 19.7. The summed E-state index contributed by atoms with van der Waals surface area (Å²) in [4.78, 5) is 16.9. The third-order valence-corrected chi connectivity index (χ3v) is 7.45. The topological polar surface area (TPSA) is 85.3 Å². The van der Waals surface area contributed by atoms with Crippen molar-refractivity contribution in [3.05, 3.63) is 57.6 Å². The van der Waals surface area contributed by atoms with Gasteiger partial charge in [-0.1, -0.05) is 35.9 Å². The predicted octanol–water partition coefficient (Wildman–Crippen LogP) is 3.41. The number of rotatable bonds is 7. The minimum absolute atomic E-state index is 0.00593. The zero-order valence-corrected chi connectivity index (χ0v) is 17.4. The number of amides is 1. The van der Waals surface area contributed by atoms with Crippen molar-refractivity contribution in [3.8, 4) is 0 Å². The van der Waals surface area contributed by atoms with E-state index in [1.165, 1.54) is 22.5 Å².